The van der Waals surface area contributed by atoms with E-state index in [4.69, 9.17) is 4.74 Å². The summed E-state index contributed by atoms with van der Waals surface area (Å²) in [5.74, 6) is 0.673. The summed E-state index contributed by atoms with van der Waals surface area (Å²) in [6.07, 6.45) is 2.94. The van der Waals surface area contributed by atoms with Crippen LogP contribution in [0.3, 0.4) is 0 Å². The number of para-hydroxylation sites is 1. The first-order chi connectivity index (χ1) is 10.4. The fourth-order valence-corrected chi connectivity index (χ4v) is 2.75. The largest absolute Gasteiger partial charge is 0.477 e. The van der Waals surface area contributed by atoms with Crippen LogP contribution in [0.1, 0.15) is 13.3 Å². The molecular formula is C18H15IrN2O-. The average molecular weight is 468 g/mol. The van der Waals surface area contributed by atoms with Gasteiger partial charge in [0.25, 0.3) is 0 Å². The maximum Gasteiger partial charge on any atom is 0.222 e. The fourth-order valence-electron chi connectivity index (χ4n) is 2.75. The van der Waals surface area contributed by atoms with Crippen LogP contribution in [0.2, 0.25) is 0 Å². The minimum atomic E-state index is 0. The first kappa shape index (κ1) is 15.0. The Kier molecular flexibility index (Phi) is 4.14. The molecule has 4 heteroatoms. The van der Waals surface area contributed by atoms with Crippen LogP contribution in [0.4, 0.5) is 0 Å². The number of ether oxygens (including phenoxy) is 1. The molecule has 0 spiro atoms. The van der Waals surface area contributed by atoms with Gasteiger partial charge in [0.15, 0.2) is 0 Å². The molecule has 0 amide bonds. The minimum absolute atomic E-state index is 0. The van der Waals surface area contributed by atoms with Crippen molar-refractivity contribution in [3.05, 3.63) is 54.7 Å². The molecule has 0 bridgehead atoms. The van der Waals surface area contributed by atoms with Gasteiger partial charge in [0.1, 0.15) is 0 Å². The van der Waals surface area contributed by atoms with Crippen molar-refractivity contribution in [1.29, 1.82) is 0 Å². The van der Waals surface area contributed by atoms with Crippen molar-refractivity contribution in [1.82, 2.24) is 9.38 Å². The van der Waals surface area contributed by atoms with Crippen LogP contribution in [0.25, 0.3) is 27.3 Å². The number of benzene rings is 2. The number of hydrogen-bond acceptors (Lipinski definition) is 2. The van der Waals surface area contributed by atoms with E-state index in [0.29, 0.717) is 12.5 Å². The van der Waals surface area contributed by atoms with E-state index in [1.54, 1.807) is 0 Å². The maximum atomic E-state index is 5.69. The van der Waals surface area contributed by atoms with Crippen LogP contribution in [0.15, 0.2) is 48.7 Å². The summed E-state index contributed by atoms with van der Waals surface area (Å²) < 4.78 is 7.79. The number of fused-ring (bicyclic) bond motifs is 6. The summed E-state index contributed by atoms with van der Waals surface area (Å²) in [6.45, 7) is 2.78. The van der Waals surface area contributed by atoms with Crippen LogP contribution >= 0.6 is 0 Å². The Balaban J connectivity index is 0.00000144. The summed E-state index contributed by atoms with van der Waals surface area (Å²) in [5.41, 5.74) is 2.04. The molecule has 2 aromatic heterocycles. The second kappa shape index (κ2) is 6.07. The molecule has 0 saturated heterocycles. The topological polar surface area (TPSA) is 26.5 Å². The first-order valence-electron chi connectivity index (χ1n) is 7.21. The van der Waals surface area contributed by atoms with Gasteiger partial charge in [-0.3, -0.25) is 0 Å². The Morgan fingerprint density at radius 1 is 1.14 bits per heavy atom. The Labute approximate surface area is 142 Å². The second-order valence-electron chi connectivity index (χ2n) is 5.10. The number of nitrogens with zero attached hydrogens (tertiary/aromatic N) is 2. The predicted molar refractivity (Wildman–Crippen MR) is 84.8 cm³/mol. The number of aromatic nitrogens is 2. The van der Waals surface area contributed by atoms with Crippen LogP contribution in [-0.4, -0.2) is 16.0 Å². The van der Waals surface area contributed by atoms with E-state index >= 15 is 0 Å². The van der Waals surface area contributed by atoms with Gasteiger partial charge in [0, 0.05) is 25.6 Å². The molecule has 0 fully saturated rings. The Morgan fingerprint density at radius 2 is 1.95 bits per heavy atom. The van der Waals surface area contributed by atoms with Gasteiger partial charge in [0.2, 0.25) is 5.88 Å². The molecule has 2 aromatic carbocycles. The molecule has 1 radical (unpaired) electrons. The molecule has 4 rings (SSSR count). The Morgan fingerprint density at radius 3 is 2.82 bits per heavy atom. The Hall–Kier alpha value is -1.90. The van der Waals surface area contributed by atoms with Gasteiger partial charge in [0.05, 0.1) is 18.5 Å². The van der Waals surface area contributed by atoms with Crippen molar-refractivity contribution in [3.8, 4) is 5.88 Å². The van der Waals surface area contributed by atoms with Crippen molar-refractivity contribution in [2.24, 2.45) is 0 Å². The third kappa shape index (κ3) is 2.29. The van der Waals surface area contributed by atoms with E-state index < -0.39 is 0 Å². The van der Waals surface area contributed by atoms with E-state index in [9.17, 15) is 0 Å². The SMILES string of the molecule is CCCOc1cn2c3ccccc3c3ccc[c-]c3c2n1.[Ir]. The van der Waals surface area contributed by atoms with Gasteiger partial charge in [-0.25, -0.2) is 4.98 Å². The third-order valence-electron chi connectivity index (χ3n) is 3.67. The van der Waals surface area contributed by atoms with Crippen LogP contribution in [0, 0.1) is 6.07 Å². The van der Waals surface area contributed by atoms with Gasteiger partial charge in [-0.15, -0.1) is 29.7 Å². The van der Waals surface area contributed by atoms with Crippen LogP contribution in [0.5, 0.6) is 5.88 Å². The first-order valence-corrected chi connectivity index (χ1v) is 7.21. The predicted octanol–water partition coefficient (Wildman–Crippen LogP) is 4.23. The summed E-state index contributed by atoms with van der Waals surface area (Å²) in [6, 6.07) is 17.7. The number of pyridine rings is 1. The smallest absolute Gasteiger partial charge is 0.222 e. The molecule has 3 nitrogen and oxygen atoms in total. The second-order valence-corrected chi connectivity index (χ2v) is 5.10. The van der Waals surface area contributed by atoms with Gasteiger partial charge in [-0.1, -0.05) is 30.5 Å². The van der Waals surface area contributed by atoms with Gasteiger partial charge >= 0.3 is 0 Å². The normalized spacial score (nSPS) is 11.0. The van der Waals surface area contributed by atoms with Gasteiger partial charge < -0.3 is 9.14 Å². The molecule has 0 aliphatic carbocycles. The zero-order valence-electron chi connectivity index (χ0n) is 12.2. The Bertz CT molecular complexity index is 873. The van der Waals surface area contributed by atoms with E-state index in [2.05, 4.69) is 46.6 Å². The molecule has 22 heavy (non-hydrogen) atoms. The quantitative estimate of drug-likeness (QED) is 0.333. The molecule has 0 N–H and O–H groups in total. The molecule has 0 atom stereocenters. The molecule has 2 heterocycles. The molecule has 0 aliphatic rings. The molecular weight excluding hydrogens is 452 g/mol. The number of hydrogen-bond donors (Lipinski definition) is 0. The van der Waals surface area contributed by atoms with Crippen molar-refractivity contribution < 1.29 is 24.8 Å². The van der Waals surface area contributed by atoms with E-state index in [1.165, 1.54) is 10.8 Å². The van der Waals surface area contributed by atoms with Crippen molar-refractivity contribution in [2.45, 2.75) is 13.3 Å². The third-order valence-corrected chi connectivity index (χ3v) is 3.67. The zero-order valence-corrected chi connectivity index (χ0v) is 14.6. The van der Waals surface area contributed by atoms with Crippen molar-refractivity contribution in [3.63, 3.8) is 0 Å². The minimum Gasteiger partial charge on any atom is -0.477 e. The van der Waals surface area contributed by atoms with E-state index in [1.807, 2.05) is 24.4 Å². The summed E-state index contributed by atoms with van der Waals surface area (Å²) in [5, 5.41) is 3.41. The molecule has 113 valence electrons. The number of imidazole rings is 1. The molecule has 0 saturated carbocycles. The van der Waals surface area contributed by atoms with Crippen molar-refractivity contribution >= 4 is 27.3 Å². The standard InChI is InChI=1S/C18H15N2O.Ir/c1-2-11-21-17-12-20-16-10-6-5-8-14(16)13-7-3-4-9-15(13)18(20)19-17;/h3-8,10,12H,2,11H2,1H3;/q-1;. The van der Waals surface area contributed by atoms with Crippen molar-refractivity contribution in [2.75, 3.05) is 6.61 Å². The van der Waals surface area contributed by atoms with E-state index in [-0.39, 0.29) is 20.1 Å². The van der Waals surface area contributed by atoms with Crippen LogP contribution in [-0.2, 0) is 20.1 Å². The zero-order chi connectivity index (χ0) is 14.2. The summed E-state index contributed by atoms with van der Waals surface area (Å²) >= 11 is 0. The number of rotatable bonds is 3. The summed E-state index contributed by atoms with van der Waals surface area (Å²) in [4.78, 5) is 4.64. The molecule has 0 unspecified atom stereocenters. The maximum absolute atomic E-state index is 5.69. The molecule has 0 aliphatic heterocycles. The fraction of sp³-hybridized carbons (Fsp3) is 0.167. The van der Waals surface area contributed by atoms with Gasteiger partial charge in [-0.2, -0.15) is 0 Å². The monoisotopic (exact) mass is 468 g/mol. The molecule has 4 aromatic rings. The van der Waals surface area contributed by atoms with Gasteiger partial charge in [-0.05, 0) is 17.9 Å². The van der Waals surface area contributed by atoms with Crippen LogP contribution < -0.4 is 4.74 Å². The van der Waals surface area contributed by atoms with E-state index in [0.717, 1.165) is 23.0 Å². The average Bonchev–Trinajstić information content (AvgIpc) is 2.98. The summed E-state index contributed by atoms with van der Waals surface area (Å²) in [7, 11) is 0.